The summed E-state index contributed by atoms with van der Waals surface area (Å²) in [6.45, 7) is 6.16. The predicted octanol–water partition coefficient (Wildman–Crippen LogP) is 0.567. The molecule has 1 unspecified atom stereocenters. The Bertz CT molecular complexity index is 586. The summed E-state index contributed by atoms with van der Waals surface area (Å²) in [5.74, 6) is 0. The third-order valence-electron chi connectivity index (χ3n) is 3.99. The molecule has 0 spiro atoms. The Kier molecular flexibility index (Phi) is 4.49. The summed E-state index contributed by atoms with van der Waals surface area (Å²) in [5, 5.41) is 0. The minimum absolute atomic E-state index is 0.152. The monoisotopic (exact) mass is 297 g/mol. The van der Waals surface area contributed by atoms with Crippen LogP contribution in [0.3, 0.4) is 0 Å². The zero-order valence-corrected chi connectivity index (χ0v) is 13.2. The highest BCUT2D eigenvalue weighted by Crippen LogP contribution is 2.22. The third kappa shape index (κ3) is 2.88. The summed E-state index contributed by atoms with van der Waals surface area (Å²) in [5.41, 5.74) is 7.84. The van der Waals surface area contributed by atoms with E-state index in [9.17, 15) is 8.42 Å². The van der Waals surface area contributed by atoms with Gasteiger partial charge in [-0.25, -0.2) is 8.42 Å². The first-order valence-electron chi connectivity index (χ1n) is 6.84. The number of hydrogen-bond donors (Lipinski definition) is 1. The zero-order chi connectivity index (χ0) is 14.9. The van der Waals surface area contributed by atoms with Crippen molar-refractivity contribution in [3.05, 3.63) is 29.3 Å². The van der Waals surface area contributed by atoms with Crippen molar-refractivity contribution in [2.75, 3.05) is 33.2 Å². The summed E-state index contributed by atoms with van der Waals surface area (Å²) in [4.78, 5) is 2.48. The fourth-order valence-corrected chi connectivity index (χ4v) is 4.22. The van der Waals surface area contributed by atoms with E-state index in [-0.39, 0.29) is 6.04 Å². The molecule has 1 atom stereocenters. The number of benzene rings is 1. The fourth-order valence-electron chi connectivity index (χ4n) is 2.51. The Balaban J connectivity index is 2.35. The number of likely N-dealkylation sites (N-methyl/N-ethyl adjacent to an activating group) is 1. The molecule has 6 heteroatoms. The van der Waals surface area contributed by atoms with Crippen molar-refractivity contribution >= 4 is 10.0 Å². The molecule has 2 N–H and O–H groups in total. The van der Waals surface area contributed by atoms with Crippen LogP contribution in [0.2, 0.25) is 0 Å². The fraction of sp³-hybridized carbons (Fsp3) is 0.571. The van der Waals surface area contributed by atoms with Crippen LogP contribution >= 0.6 is 0 Å². The van der Waals surface area contributed by atoms with Gasteiger partial charge in [0, 0.05) is 26.2 Å². The molecule has 0 radical (unpaired) electrons. The number of nitrogens with zero attached hydrogens (tertiary/aromatic N) is 2. The Hall–Kier alpha value is -0.950. The highest BCUT2D eigenvalue weighted by atomic mass is 32.2. The molecule has 0 amide bonds. The quantitative estimate of drug-likeness (QED) is 0.885. The summed E-state index contributed by atoms with van der Waals surface area (Å²) >= 11 is 0. The lowest BCUT2D eigenvalue weighted by molar-refractivity contribution is 0.164. The molecule has 1 aliphatic heterocycles. The number of hydrogen-bond acceptors (Lipinski definition) is 4. The van der Waals surface area contributed by atoms with E-state index in [1.54, 1.807) is 16.4 Å². The highest BCUT2D eigenvalue weighted by molar-refractivity contribution is 7.89. The van der Waals surface area contributed by atoms with Gasteiger partial charge in [0.25, 0.3) is 0 Å². The molecule has 1 aromatic rings. The van der Waals surface area contributed by atoms with Gasteiger partial charge in [0.15, 0.2) is 0 Å². The van der Waals surface area contributed by atoms with Crippen LogP contribution in [-0.4, -0.2) is 56.9 Å². The summed E-state index contributed by atoms with van der Waals surface area (Å²) in [7, 11) is -1.47. The Morgan fingerprint density at radius 2 is 1.95 bits per heavy atom. The van der Waals surface area contributed by atoms with E-state index in [1.165, 1.54) is 0 Å². The van der Waals surface area contributed by atoms with E-state index in [2.05, 4.69) is 4.90 Å². The normalized spacial score (nSPS) is 22.1. The van der Waals surface area contributed by atoms with Crippen LogP contribution in [0.5, 0.6) is 0 Å². The van der Waals surface area contributed by atoms with Crippen LogP contribution < -0.4 is 5.73 Å². The molecule has 112 valence electrons. The van der Waals surface area contributed by atoms with E-state index >= 15 is 0 Å². The van der Waals surface area contributed by atoms with Crippen molar-refractivity contribution in [1.82, 2.24) is 9.21 Å². The predicted molar refractivity (Wildman–Crippen MR) is 80.1 cm³/mol. The largest absolute Gasteiger partial charge is 0.329 e. The van der Waals surface area contributed by atoms with Gasteiger partial charge in [-0.1, -0.05) is 6.07 Å². The molecule has 2 rings (SSSR count). The van der Waals surface area contributed by atoms with E-state index in [0.29, 0.717) is 24.5 Å². The molecular weight excluding hydrogens is 274 g/mol. The van der Waals surface area contributed by atoms with Crippen molar-refractivity contribution in [2.24, 2.45) is 5.73 Å². The van der Waals surface area contributed by atoms with Crippen molar-refractivity contribution in [2.45, 2.75) is 24.8 Å². The van der Waals surface area contributed by atoms with Gasteiger partial charge in [0.05, 0.1) is 10.9 Å². The van der Waals surface area contributed by atoms with Crippen LogP contribution in [0, 0.1) is 13.8 Å². The molecule has 1 aromatic carbocycles. The average molecular weight is 297 g/mol. The van der Waals surface area contributed by atoms with Gasteiger partial charge in [-0.15, -0.1) is 0 Å². The Morgan fingerprint density at radius 3 is 2.55 bits per heavy atom. The molecule has 0 bridgehead atoms. The van der Waals surface area contributed by atoms with Crippen LogP contribution in [0.15, 0.2) is 23.1 Å². The van der Waals surface area contributed by atoms with E-state index in [1.807, 2.05) is 27.0 Å². The zero-order valence-electron chi connectivity index (χ0n) is 12.3. The van der Waals surface area contributed by atoms with Gasteiger partial charge in [-0.3, -0.25) is 0 Å². The maximum absolute atomic E-state index is 12.8. The number of rotatable bonds is 3. The molecule has 1 heterocycles. The van der Waals surface area contributed by atoms with Gasteiger partial charge in [-0.2, -0.15) is 4.31 Å². The minimum Gasteiger partial charge on any atom is -0.329 e. The molecule has 5 nitrogen and oxygen atoms in total. The van der Waals surface area contributed by atoms with Gasteiger partial charge in [0.1, 0.15) is 0 Å². The summed E-state index contributed by atoms with van der Waals surface area (Å²) in [6, 6.07) is 5.14. The first-order chi connectivity index (χ1) is 9.36. The SMILES string of the molecule is Cc1ccc(S(=O)(=O)N2CCN(C)CC2CN)cc1C. The Morgan fingerprint density at radius 1 is 1.25 bits per heavy atom. The second-order valence-corrected chi connectivity index (χ2v) is 7.40. The van der Waals surface area contributed by atoms with Crippen molar-refractivity contribution in [1.29, 1.82) is 0 Å². The van der Waals surface area contributed by atoms with Crippen LogP contribution in [0.1, 0.15) is 11.1 Å². The lowest BCUT2D eigenvalue weighted by Crippen LogP contribution is -2.56. The Labute approximate surface area is 121 Å². The number of sulfonamides is 1. The smallest absolute Gasteiger partial charge is 0.243 e. The summed E-state index contributed by atoms with van der Waals surface area (Å²) in [6.07, 6.45) is 0. The number of piperazine rings is 1. The molecule has 1 fully saturated rings. The molecule has 0 aromatic heterocycles. The highest BCUT2D eigenvalue weighted by Gasteiger charge is 2.34. The van der Waals surface area contributed by atoms with Crippen molar-refractivity contribution in [3.8, 4) is 0 Å². The summed E-state index contributed by atoms with van der Waals surface area (Å²) < 4.78 is 27.1. The second kappa shape index (κ2) is 5.81. The van der Waals surface area contributed by atoms with E-state index < -0.39 is 10.0 Å². The molecule has 1 saturated heterocycles. The van der Waals surface area contributed by atoms with Crippen molar-refractivity contribution in [3.63, 3.8) is 0 Å². The first kappa shape index (κ1) is 15.4. The number of nitrogens with two attached hydrogens (primary N) is 1. The standard InChI is InChI=1S/C14H23N3O2S/c1-11-4-5-14(8-12(11)2)20(18,19)17-7-6-16(3)10-13(17)9-15/h4-5,8,13H,6-7,9-10,15H2,1-3H3. The topological polar surface area (TPSA) is 66.6 Å². The molecule has 20 heavy (non-hydrogen) atoms. The minimum atomic E-state index is -3.46. The van der Waals surface area contributed by atoms with E-state index in [0.717, 1.165) is 17.7 Å². The first-order valence-corrected chi connectivity index (χ1v) is 8.28. The molecular formula is C14H23N3O2S. The van der Waals surface area contributed by atoms with Gasteiger partial charge < -0.3 is 10.6 Å². The maximum Gasteiger partial charge on any atom is 0.243 e. The molecule has 1 aliphatic rings. The van der Waals surface area contributed by atoms with Crippen LogP contribution in [-0.2, 0) is 10.0 Å². The van der Waals surface area contributed by atoms with Crippen LogP contribution in [0.25, 0.3) is 0 Å². The lowest BCUT2D eigenvalue weighted by Gasteiger charge is -2.38. The third-order valence-corrected chi connectivity index (χ3v) is 5.94. The molecule has 0 aliphatic carbocycles. The van der Waals surface area contributed by atoms with Gasteiger partial charge >= 0.3 is 0 Å². The van der Waals surface area contributed by atoms with Gasteiger partial charge in [0.2, 0.25) is 10.0 Å². The van der Waals surface area contributed by atoms with Gasteiger partial charge in [-0.05, 0) is 44.2 Å². The van der Waals surface area contributed by atoms with Crippen molar-refractivity contribution < 1.29 is 8.42 Å². The molecule has 0 saturated carbocycles. The second-order valence-electron chi connectivity index (χ2n) is 5.51. The maximum atomic E-state index is 12.8. The van der Waals surface area contributed by atoms with Crippen LogP contribution in [0.4, 0.5) is 0 Å². The number of aryl methyl sites for hydroxylation is 2. The lowest BCUT2D eigenvalue weighted by atomic mass is 10.1. The van der Waals surface area contributed by atoms with E-state index in [4.69, 9.17) is 5.73 Å². The average Bonchev–Trinajstić information content (AvgIpc) is 2.41.